The molecule has 19 heavy (non-hydrogen) atoms. The van der Waals surface area contributed by atoms with Crippen LogP contribution in [0.3, 0.4) is 0 Å². The number of nitrogens with zero attached hydrogens (tertiary/aromatic N) is 3. The van der Waals surface area contributed by atoms with Crippen molar-refractivity contribution in [1.82, 2.24) is 4.98 Å². The van der Waals surface area contributed by atoms with Crippen LogP contribution < -0.4 is 4.90 Å². The van der Waals surface area contributed by atoms with Crippen LogP contribution in [0.5, 0.6) is 0 Å². The molecule has 0 N–H and O–H groups in total. The first-order valence-corrected chi connectivity index (χ1v) is 6.43. The van der Waals surface area contributed by atoms with Crippen molar-refractivity contribution in [1.29, 1.82) is 5.26 Å². The van der Waals surface area contributed by atoms with Gasteiger partial charge in [0.1, 0.15) is 11.0 Å². The van der Waals surface area contributed by atoms with Crippen molar-refractivity contribution in [2.75, 3.05) is 11.4 Å². The molecule has 0 aliphatic heterocycles. The van der Waals surface area contributed by atoms with E-state index in [1.165, 1.54) is 5.56 Å². The Bertz CT molecular complexity index is 614. The number of aryl methyl sites for hydroxylation is 1. The summed E-state index contributed by atoms with van der Waals surface area (Å²) < 4.78 is 0. The number of anilines is 2. The van der Waals surface area contributed by atoms with Crippen molar-refractivity contribution in [3.63, 3.8) is 0 Å². The monoisotopic (exact) mass is 271 g/mol. The molecular weight excluding hydrogens is 258 g/mol. The quantitative estimate of drug-likeness (QED) is 0.790. The van der Waals surface area contributed by atoms with Gasteiger partial charge in [0.25, 0.3) is 0 Å². The molecule has 0 fully saturated rings. The minimum Gasteiger partial charge on any atom is -0.327 e. The molecule has 0 aliphatic carbocycles. The summed E-state index contributed by atoms with van der Waals surface area (Å²) in [6.45, 7) is 4.83. The third-order valence-corrected chi connectivity index (χ3v) is 3.04. The van der Waals surface area contributed by atoms with Crippen molar-refractivity contribution < 1.29 is 0 Å². The van der Waals surface area contributed by atoms with E-state index in [0.717, 1.165) is 12.2 Å². The summed E-state index contributed by atoms with van der Waals surface area (Å²) in [4.78, 5) is 6.31. The third-order valence-electron chi connectivity index (χ3n) is 2.85. The highest BCUT2D eigenvalue weighted by molar-refractivity contribution is 6.29. The molecule has 1 heterocycles. The Morgan fingerprint density at radius 3 is 2.53 bits per heavy atom. The second-order valence-electron chi connectivity index (χ2n) is 4.23. The molecule has 2 aromatic rings. The third kappa shape index (κ3) is 3.04. The molecule has 0 amide bonds. The number of nitriles is 1. The minimum absolute atomic E-state index is 0.333. The highest BCUT2D eigenvalue weighted by Gasteiger charge is 2.10. The van der Waals surface area contributed by atoms with E-state index in [2.05, 4.69) is 11.1 Å². The summed E-state index contributed by atoms with van der Waals surface area (Å²) in [6, 6.07) is 13.6. The molecule has 0 spiro atoms. The van der Waals surface area contributed by atoms with Gasteiger partial charge in [0.2, 0.25) is 0 Å². The number of halogens is 1. The fourth-order valence-corrected chi connectivity index (χ4v) is 2.09. The number of rotatable bonds is 3. The maximum atomic E-state index is 8.99. The Balaban J connectivity index is 2.45. The van der Waals surface area contributed by atoms with Crippen LogP contribution in [0, 0.1) is 18.3 Å². The van der Waals surface area contributed by atoms with Crippen LogP contribution in [-0.4, -0.2) is 11.5 Å². The molecule has 0 saturated carbocycles. The van der Waals surface area contributed by atoms with Crippen LogP contribution in [0.4, 0.5) is 11.5 Å². The Morgan fingerprint density at radius 1 is 1.26 bits per heavy atom. The molecule has 1 aromatic heterocycles. The molecule has 0 bridgehead atoms. The molecular formula is C15H14ClN3. The SMILES string of the molecule is CCN(c1ccc(C)cc1)c1cc(C#N)cc(Cl)n1. The van der Waals surface area contributed by atoms with Crippen LogP contribution >= 0.6 is 11.6 Å². The molecule has 0 radical (unpaired) electrons. The van der Waals surface area contributed by atoms with Crippen LogP contribution in [0.2, 0.25) is 5.15 Å². The second-order valence-corrected chi connectivity index (χ2v) is 4.62. The highest BCUT2D eigenvalue weighted by Crippen LogP contribution is 2.26. The van der Waals surface area contributed by atoms with Crippen LogP contribution in [-0.2, 0) is 0 Å². The first kappa shape index (κ1) is 13.4. The van der Waals surface area contributed by atoms with E-state index in [1.807, 2.05) is 43.0 Å². The van der Waals surface area contributed by atoms with Gasteiger partial charge in [-0.2, -0.15) is 5.26 Å². The van der Waals surface area contributed by atoms with Crippen molar-refractivity contribution in [3.8, 4) is 6.07 Å². The van der Waals surface area contributed by atoms with Gasteiger partial charge in [-0.15, -0.1) is 0 Å². The number of benzene rings is 1. The van der Waals surface area contributed by atoms with Gasteiger partial charge in [-0.05, 0) is 38.1 Å². The zero-order valence-corrected chi connectivity index (χ0v) is 11.6. The van der Waals surface area contributed by atoms with E-state index < -0.39 is 0 Å². The summed E-state index contributed by atoms with van der Waals surface area (Å²) in [7, 11) is 0. The number of hydrogen-bond donors (Lipinski definition) is 0. The Morgan fingerprint density at radius 2 is 1.95 bits per heavy atom. The molecule has 2 rings (SSSR count). The number of aromatic nitrogens is 1. The first-order chi connectivity index (χ1) is 9.13. The fourth-order valence-electron chi connectivity index (χ4n) is 1.89. The fraction of sp³-hybridized carbons (Fsp3) is 0.200. The van der Waals surface area contributed by atoms with Crippen LogP contribution in [0.15, 0.2) is 36.4 Å². The van der Waals surface area contributed by atoms with Crippen molar-refractivity contribution in [2.45, 2.75) is 13.8 Å². The summed E-state index contributed by atoms with van der Waals surface area (Å²) in [6.07, 6.45) is 0. The zero-order valence-electron chi connectivity index (χ0n) is 10.9. The lowest BCUT2D eigenvalue weighted by Gasteiger charge is -2.22. The lowest BCUT2D eigenvalue weighted by Crippen LogP contribution is -2.17. The van der Waals surface area contributed by atoms with E-state index in [9.17, 15) is 0 Å². The Labute approximate surface area is 118 Å². The summed E-state index contributed by atoms with van der Waals surface area (Å²) >= 11 is 5.95. The average molecular weight is 272 g/mol. The van der Waals surface area contributed by atoms with Crippen molar-refractivity contribution >= 4 is 23.1 Å². The lowest BCUT2D eigenvalue weighted by molar-refractivity contribution is 0.988. The highest BCUT2D eigenvalue weighted by atomic mass is 35.5. The van der Waals surface area contributed by atoms with Gasteiger partial charge in [-0.1, -0.05) is 29.3 Å². The van der Waals surface area contributed by atoms with E-state index in [4.69, 9.17) is 16.9 Å². The second kappa shape index (κ2) is 5.73. The van der Waals surface area contributed by atoms with Crippen LogP contribution in [0.1, 0.15) is 18.1 Å². The topological polar surface area (TPSA) is 39.9 Å². The first-order valence-electron chi connectivity index (χ1n) is 6.06. The lowest BCUT2D eigenvalue weighted by atomic mass is 10.2. The standard InChI is InChI=1S/C15H14ClN3/c1-3-19(13-6-4-11(2)5-7-13)15-9-12(10-17)8-14(16)18-15/h4-9H,3H2,1-2H3. The zero-order chi connectivity index (χ0) is 13.8. The molecule has 3 nitrogen and oxygen atoms in total. The maximum Gasteiger partial charge on any atom is 0.136 e. The van der Waals surface area contributed by atoms with Gasteiger partial charge < -0.3 is 4.90 Å². The molecule has 0 unspecified atom stereocenters. The molecule has 0 atom stereocenters. The molecule has 1 aromatic carbocycles. The molecule has 0 saturated heterocycles. The van der Waals surface area contributed by atoms with Gasteiger partial charge in [-0.3, -0.25) is 0 Å². The molecule has 4 heteroatoms. The van der Waals surface area contributed by atoms with Gasteiger partial charge in [0, 0.05) is 12.2 Å². The Hall–Kier alpha value is -2.05. The van der Waals surface area contributed by atoms with Gasteiger partial charge >= 0.3 is 0 Å². The van der Waals surface area contributed by atoms with E-state index in [0.29, 0.717) is 16.5 Å². The van der Waals surface area contributed by atoms with Crippen molar-refractivity contribution in [2.24, 2.45) is 0 Å². The largest absolute Gasteiger partial charge is 0.327 e. The maximum absolute atomic E-state index is 8.99. The Kier molecular flexibility index (Phi) is 4.03. The smallest absolute Gasteiger partial charge is 0.136 e. The van der Waals surface area contributed by atoms with E-state index in [-0.39, 0.29) is 0 Å². The van der Waals surface area contributed by atoms with E-state index >= 15 is 0 Å². The summed E-state index contributed by atoms with van der Waals surface area (Å²) in [5.41, 5.74) is 2.75. The van der Waals surface area contributed by atoms with Gasteiger partial charge in [0.15, 0.2) is 0 Å². The average Bonchev–Trinajstić information content (AvgIpc) is 2.41. The van der Waals surface area contributed by atoms with Crippen LogP contribution in [0.25, 0.3) is 0 Å². The normalized spacial score (nSPS) is 10.0. The minimum atomic E-state index is 0.333. The predicted molar refractivity (Wildman–Crippen MR) is 77.8 cm³/mol. The number of pyridine rings is 1. The van der Waals surface area contributed by atoms with Gasteiger partial charge in [0.05, 0.1) is 11.6 Å². The summed E-state index contributed by atoms with van der Waals surface area (Å²) in [5.74, 6) is 0.690. The number of hydrogen-bond acceptors (Lipinski definition) is 3. The van der Waals surface area contributed by atoms with Crippen molar-refractivity contribution in [3.05, 3.63) is 52.7 Å². The predicted octanol–water partition coefficient (Wildman–Crippen LogP) is 4.07. The summed E-state index contributed by atoms with van der Waals surface area (Å²) in [5, 5.41) is 9.33. The molecule has 96 valence electrons. The molecule has 0 aliphatic rings. The van der Waals surface area contributed by atoms with Gasteiger partial charge in [-0.25, -0.2) is 4.98 Å². The van der Waals surface area contributed by atoms with E-state index in [1.54, 1.807) is 12.1 Å².